The molecule has 0 radical (unpaired) electrons. The predicted molar refractivity (Wildman–Crippen MR) is 75.9 cm³/mol. The van der Waals surface area contributed by atoms with E-state index in [0.29, 0.717) is 17.9 Å². The molecule has 0 unspecified atom stereocenters. The van der Waals surface area contributed by atoms with Crippen molar-refractivity contribution in [3.63, 3.8) is 0 Å². The Balaban J connectivity index is 1.34. The van der Waals surface area contributed by atoms with Crippen molar-refractivity contribution in [1.82, 2.24) is 5.32 Å². The van der Waals surface area contributed by atoms with Crippen molar-refractivity contribution in [2.45, 2.75) is 63.8 Å². The van der Waals surface area contributed by atoms with Crippen LogP contribution in [0.5, 0.6) is 0 Å². The zero-order valence-electron chi connectivity index (χ0n) is 12.1. The van der Waals surface area contributed by atoms with Gasteiger partial charge < -0.3 is 5.32 Å². The fourth-order valence-corrected chi connectivity index (χ4v) is 5.43. The van der Waals surface area contributed by atoms with E-state index in [4.69, 9.17) is 0 Å². The second-order valence-corrected chi connectivity index (χ2v) is 7.79. The molecule has 0 atom stereocenters. The Morgan fingerprint density at radius 2 is 1.50 bits per heavy atom. The van der Waals surface area contributed by atoms with Crippen LogP contribution in [0.25, 0.3) is 0 Å². The number of hydrogen-bond acceptors (Lipinski definition) is 2. The molecule has 0 aromatic carbocycles. The molecule has 4 bridgehead atoms. The number of rotatable bonds is 4. The van der Waals surface area contributed by atoms with E-state index in [2.05, 4.69) is 5.32 Å². The van der Waals surface area contributed by atoms with Crippen molar-refractivity contribution in [1.29, 1.82) is 0 Å². The van der Waals surface area contributed by atoms with Crippen LogP contribution in [0, 0.1) is 29.6 Å². The fourth-order valence-electron chi connectivity index (χ4n) is 5.43. The first kappa shape index (κ1) is 12.8. The number of amides is 1. The summed E-state index contributed by atoms with van der Waals surface area (Å²) in [6, 6.07) is 0.379. The van der Waals surface area contributed by atoms with E-state index < -0.39 is 0 Å². The molecule has 20 heavy (non-hydrogen) atoms. The maximum Gasteiger partial charge on any atom is 0.227 e. The molecule has 0 aromatic heterocycles. The first-order valence-corrected chi connectivity index (χ1v) is 8.51. The predicted octanol–water partition coefficient (Wildman–Crippen LogP) is 2.69. The number of carbonyl (C=O) groups excluding carboxylic acids is 2. The van der Waals surface area contributed by atoms with Crippen LogP contribution in [0.3, 0.4) is 0 Å². The maximum atomic E-state index is 12.2. The highest BCUT2D eigenvalue weighted by Gasteiger charge is 2.48. The third-order valence-corrected chi connectivity index (χ3v) is 6.45. The average molecular weight is 275 g/mol. The van der Waals surface area contributed by atoms with Gasteiger partial charge in [0.25, 0.3) is 0 Å². The van der Waals surface area contributed by atoms with Gasteiger partial charge in [-0.25, -0.2) is 0 Å². The molecule has 0 aliphatic heterocycles. The molecule has 0 spiro atoms. The smallest absolute Gasteiger partial charge is 0.227 e. The molecule has 110 valence electrons. The molecule has 5 aliphatic carbocycles. The molecule has 3 nitrogen and oxygen atoms in total. The summed E-state index contributed by atoms with van der Waals surface area (Å²) in [4.78, 5) is 24.1. The topological polar surface area (TPSA) is 46.2 Å². The highest BCUT2D eigenvalue weighted by molar-refractivity contribution is 5.99. The Bertz CT molecular complexity index is 399. The Hall–Kier alpha value is -0.860. The number of ketones is 1. The van der Waals surface area contributed by atoms with Gasteiger partial charge in [-0.15, -0.1) is 0 Å². The summed E-state index contributed by atoms with van der Waals surface area (Å²) in [5.41, 5.74) is 0. The Morgan fingerprint density at radius 3 is 2.00 bits per heavy atom. The van der Waals surface area contributed by atoms with Crippen LogP contribution >= 0.6 is 0 Å². The van der Waals surface area contributed by atoms with E-state index in [1.54, 1.807) is 0 Å². The third-order valence-electron chi connectivity index (χ3n) is 6.45. The lowest BCUT2D eigenvalue weighted by Crippen LogP contribution is -2.56. The monoisotopic (exact) mass is 275 g/mol. The number of hydrogen-bond donors (Lipinski definition) is 1. The molecular formula is C17H25NO2. The first-order chi connectivity index (χ1) is 9.69. The van der Waals surface area contributed by atoms with E-state index in [1.807, 2.05) is 0 Å². The summed E-state index contributed by atoms with van der Waals surface area (Å²) >= 11 is 0. The lowest BCUT2D eigenvalue weighted by molar-refractivity contribution is -0.133. The summed E-state index contributed by atoms with van der Waals surface area (Å²) in [5.74, 6) is 3.64. The van der Waals surface area contributed by atoms with Crippen LogP contribution < -0.4 is 5.32 Å². The maximum absolute atomic E-state index is 12.2. The Kier molecular flexibility index (Phi) is 3.12. The van der Waals surface area contributed by atoms with Crippen LogP contribution in [-0.4, -0.2) is 17.7 Å². The van der Waals surface area contributed by atoms with Gasteiger partial charge in [0, 0.05) is 12.0 Å². The normalized spacial score (nSPS) is 42.3. The minimum atomic E-state index is -0.000580. The number of Topliss-reactive ketones (excluding diaryl/α,β-unsaturated/α-hetero) is 1. The van der Waals surface area contributed by atoms with Gasteiger partial charge in [0.15, 0.2) is 0 Å². The lowest BCUT2D eigenvalue weighted by Gasteiger charge is -2.54. The van der Waals surface area contributed by atoms with Crippen LogP contribution in [0.2, 0.25) is 0 Å². The molecule has 5 fully saturated rings. The van der Waals surface area contributed by atoms with E-state index in [0.717, 1.165) is 31.1 Å². The SMILES string of the molecule is O=C(CC(=O)C1CCC1)NC1C2CC3CC(C2)CC1C3. The van der Waals surface area contributed by atoms with Gasteiger partial charge in [0.1, 0.15) is 5.78 Å². The second kappa shape index (κ2) is 4.85. The van der Waals surface area contributed by atoms with Crippen molar-refractivity contribution in [3.05, 3.63) is 0 Å². The summed E-state index contributed by atoms with van der Waals surface area (Å²) in [5, 5.41) is 3.24. The van der Waals surface area contributed by atoms with Crippen molar-refractivity contribution < 1.29 is 9.59 Å². The molecule has 0 heterocycles. The van der Waals surface area contributed by atoms with Crippen LogP contribution in [0.15, 0.2) is 0 Å². The highest BCUT2D eigenvalue weighted by Crippen LogP contribution is 2.53. The van der Waals surface area contributed by atoms with Crippen molar-refractivity contribution >= 4 is 11.7 Å². The first-order valence-electron chi connectivity index (χ1n) is 8.51. The van der Waals surface area contributed by atoms with E-state index in [1.165, 1.54) is 32.1 Å². The minimum Gasteiger partial charge on any atom is -0.352 e. The van der Waals surface area contributed by atoms with Crippen LogP contribution in [-0.2, 0) is 9.59 Å². The summed E-state index contributed by atoms with van der Waals surface area (Å²) in [7, 11) is 0. The summed E-state index contributed by atoms with van der Waals surface area (Å²) in [6.07, 6.45) is 10.00. The molecule has 1 N–H and O–H groups in total. The van der Waals surface area contributed by atoms with Gasteiger partial charge >= 0.3 is 0 Å². The Morgan fingerprint density at radius 1 is 0.900 bits per heavy atom. The van der Waals surface area contributed by atoms with E-state index in [-0.39, 0.29) is 24.0 Å². The van der Waals surface area contributed by atoms with Crippen LogP contribution in [0.4, 0.5) is 0 Å². The van der Waals surface area contributed by atoms with Gasteiger partial charge in [-0.3, -0.25) is 9.59 Å². The molecule has 0 aromatic rings. The quantitative estimate of drug-likeness (QED) is 0.802. The number of carbonyl (C=O) groups is 2. The summed E-state index contributed by atoms with van der Waals surface area (Å²) < 4.78 is 0. The van der Waals surface area contributed by atoms with Gasteiger partial charge in [-0.1, -0.05) is 6.42 Å². The second-order valence-electron chi connectivity index (χ2n) is 7.79. The van der Waals surface area contributed by atoms with Gasteiger partial charge in [0.2, 0.25) is 5.91 Å². The molecule has 5 saturated carbocycles. The van der Waals surface area contributed by atoms with E-state index >= 15 is 0 Å². The molecule has 5 aliphatic rings. The van der Waals surface area contributed by atoms with Crippen molar-refractivity contribution in [2.24, 2.45) is 29.6 Å². The molecule has 0 saturated heterocycles. The number of nitrogens with one attached hydrogen (secondary N) is 1. The lowest BCUT2D eigenvalue weighted by atomic mass is 9.54. The van der Waals surface area contributed by atoms with Crippen molar-refractivity contribution in [3.8, 4) is 0 Å². The van der Waals surface area contributed by atoms with Gasteiger partial charge in [-0.2, -0.15) is 0 Å². The molecule has 5 rings (SSSR count). The average Bonchev–Trinajstić information content (AvgIpc) is 2.30. The van der Waals surface area contributed by atoms with Crippen molar-refractivity contribution in [2.75, 3.05) is 0 Å². The largest absolute Gasteiger partial charge is 0.352 e. The molecule has 1 amide bonds. The van der Waals surface area contributed by atoms with Gasteiger partial charge in [-0.05, 0) is 68.6 Å². The summed E-state index contributed by atoms with van der Waals surface area (Å²) in [6.45, 7) is 0. The van der Waals surface area contributed by atoms with E-state index in [9.17, 15) is 9.59 Å². The minimum absolute atomic E-state index is 0.000580. The zero-order chi connectivity index (χ0) is 13.7. The third kappa shape index (κ3) is 2.19. The molecular weight excluding hydrogens is 250 g/mol. The zero-order valence-corrected chi connectivity index (χ0v) is 12.1. The standard InChI is InChI=1S/C17H25NO2/c19-15(12-2-1-3-12)9-16(20)18-17-13-5-10-4-11(7-13)8-14(17)6-10/h10-14,17H,1-9H2,(H,18,20). The Labute approximate surface area is 120 Å². The van der Waals surface area contributed by atoms with Crippen LogP contribution in [0.1, 0.15) is 57.8 Å². The van der Waals surface area contributed by atoms with Gasteiger partial charge in [0.05, 0.1) is 6.42 Å². The molecule has 3 heteroatoms. The highest BCUT2D eigenvalue weighted by atomic mass is 16.2. The fraction of sp³-hybridized carbons (Fsp3) is 0.882.